The molecule has 77 valence electrons. The molecular formula is C13H13O2. The third-order valence-electron chi connectivity index (χ3n) is 2.47. The average molecular weight is 201 g/mol. The molecule has 0 amide bonds. The lowest BCUT2D eigenvalue weighted by molar-refractivity contribution is 0.407. The molecule has 0 fully saturated rings. The smallest absolute Gasteiger partial charge is 0.135 e. The predicted octanol–water partition coefficient (Wildman–Crippen LogP) is 2.97. The lowest BCUT2D eigenvalue weighted by Crippen LogP contribution is -1.92. The van der Waals surface area contributed by atoms with Crippen LogP contribution in [-0.2, 0) is 0 Å². The highest BCUT2D eigenvalue weighted by Crippen LogP contribution is 2.35. The van der Waals surface area contributed by atoms with Gasteiger partial charge >= 0.3 is 0 Å². The Hall–Kier alpha value is -1.70. The Balaban J connectivity index is 2.86. The first-order chi connectivity index (χ1) is 7.27. The van der Waals surface area contributed by atoms with Crippen LogP contribution >= 0.6 is 0 Å². The molecule has 0 spiro atoms. The van der Waals surface area contributed by atoms with Gasteiger partial charge in [0.05, 0.1) is 14.2 Å². The molecule has 0 unspecified atom stereocenters. The van der Waals surface area contributed by atoms with Crippen LogP contribution in [0.5, 0.6) is 11.5 Å². The molecule has 15 heavy (non-hydrogen) atoms. The highest BCUT2D eigenvalue weighted by atomic mass is 16.5. The molecule has 0 bridgehead atoms. The lowest BCUT2D eigenvalue weighted by atomic mass is 10.0. The quantitative estimate of drug-likeness (QED) is 0.743. The second-order valence-corrected chi connectivity index (χ2v) is 3.36. The Morgan fingerprint density at radius 1 is 1.00 bits per heavy atom. The van der Waals surface area contributed by atoms with Gasteiger partial charge in [-0.25, -0.2) is 0 Å². The fourth-order valence-electron chi connectivity index (χ4n) is 1.80. The summed E-state index contributed by atoms with van der Waals surface area (Å²) in [5.74, 6) is 1.63. The van der Waals surface area contributed by atoms with Crippen LogP contribution in [-0.4, -0.2) is 14.2 Å². The molecule has 0 atom stereocenters. The first-order valence-electron chi connectivity index (χ1n) is 4.80. The van der Waals surface area contributed by atoms with E-state index in [4.69, 9.17) is 9.47 Å². The second kappa shape index (κ2) is 3.81. The van der Waals surface area contributed by atoms with Crippen molar-refractivity contribution >= 4 is 10.8 Å². The molecule has 2 rings (SSSR count). The van der Waals surface area contributed by atoms with Crippen molar-refractivity contribution in [3.63, 3.8) is 0 Å². The standard InChI is InChI=1S/C13H13O2/c1-9-8-12(14-2)10-6-4-5-7-11(10)13(9)15-3/h4-7H,1-3H3. The van der Waals surface area contributed by atoms with Gasteiger partial charge in [0.2, 0.25) is 0 Å². The Bertz CT molecular complexity index is 489. The summed E-state index contributed by atoms with van der Waals surface area (Å²) in [4.78, 5) is 0. The summed E-state index contributed by atoms with van der Waals surface area (Å²) < 4.78 is 10.7. The largest absolute Gasteiger partial charge is 0.496 e. The van der Waals surface area contributed by atoms with Gasteiger partial charge in [-0.05, 0) is 6.92 Å². The fourth-order valence-corrected chi connectivity index (χ4v) is 1.80. The van der Waals surface area contributed by atoms with Crippen LogP contribution in [0.2, 0.25) is 0 Å². The van der Waals surface area contributed by atoms with Gasteiger partial charge in [0, 0.05) is 22.4 Å². The van der Waals surface area contributed by atoms with Crippen molar-refractivity contribution in [2.24, 2.45) is 0 Å². The Morgan fingerprint density at radius 3 is 2.27 bits per heavy atom. The van der Waals surface area contributed by atoms with Crippen LogP contribution in [0.15, 0.2) is 24.3 Å². The number of hydrogen-bond donors (Lipinski definition) is 0. The average Bonchev–Trinajstić information content (AvgIpc) is 2.28. The Kier molecular flexibility index (Phi) is 2.50. The Labute approximate surface area is 89.4 Å². The van der Waals surface area contributed by atoms with Gasteiger partial charge in [-0.1, -0.05) is 24.3 Å². The second-order valence-electron chi connectivity index (χ2n) is 3.36. The molecule has 0 N–H and O–H groups in total. The molecule has 0 aliphatic carbocycles. The van der Waals surface area contributed by atoms with Crippen LogP contribution in [0.1, 0.15) is 5.56 Å². The topological polar surface area (TPSA) is 18.5 Å². The SMILES string of the molecule is COc1[c]c(C)c(OC)c2ccccc12. The third-order valence-corrected chi connectivity index (χ3v) is 2.47. The summed E-state index contributed by atoms with van der Waals surface area (Å²) in [7, 11) is 3.33. The summed E-state index contributed by atoms with van der Waals surface area (Å²) >= 11 is 0. The van der Waals surface area contributed by atoms with E-state index in [0.29, 0.717) is 0 Å². The summed E-state index contributed by atoms with van der Waals surface area (Å²) in [6.45, 7) is 1.97. The van der Waals surface area contributed by atoms with Gasteiger partial charge in [0.1, 0.15) is 11.5 Å². The van der Waals surface area contributed by atoms with Crippen molar-refractivity contribution in [1.29, 1.82) is 0 Å². The van der Waals surface area contributed by atoms with Crippen molar-refractivity contribution in [3.8, 4) is 11.5 Å². The molecule has 0 aliphatic heterocycles. The zero-order chi connectivity index (χ0) is 10.8. The molecule has 0 aliphatic rings. The van der Waals surface area contributed by atoms with Gasteiger partial charge in [0.25, 0.3) is 0 Å². The maximum Gasteiger partial charge on any atom is 0.135 e. The number of methoxy groups -OCH3 is 2. The predicted molar refractivity (Wildman–Crippen MR) is 60.6 cm³/mol. The van der Waals surface area contributed by atoms with Crippen LogP contribution in [0.3, 0.4) is 0 Å². The van der Waals surface area contributed by atoms with Crippen molar-refractivity contribution in [3.05, 3.63) is 35.9 Å². The molecule has 0 saturated heterocycles. The first-order valence-corrected chi connectivity index (χ1v) is 4.80. The van der Waals surface area contributed by atoms with Crippen molar-refractivity contribution in [2.75, 3.05) is 14.2 Å². The van der Waals surface area contributed by atoms with Crippen molar-refractivity contribution < 1.29 is 9.47 Å². The molecule has 0 aromatic heterocycles. The van der Waals surface area contributed by atoms with E-state index in [1.165, 1.54) is 0 Å². The van der Waals surface area contributed by atoms with E-state index in [1.54, 1.807) is 14.2 Å². The lowest BCUT2D eigenvalue weighted by Gasteiger charge is -2.11. The van der Waals surface area contributed by atoms with Gasteiger partial charge in [-0.15, -0.1) is 0 Å². The van der Waals surface area contributed by atoms with E-state index in [-0.39, 0.29) is 0 Å². The van der Waals surface area contributed by atoms with E-state index in [1.807, 2.05) is 31.2 Å². The van der Waals surface area contributed by atoms with Crippen LogP contribution in [0.4, 0.5) is 0 Å². The van der Waals surface area contributed by atoms with Crippen LogP contribution in [0.25, 0.3) is 10.8 Å². The van der Waals surface area contributed by atoms with Gasteiger partial charge in [-0.3, -0.25) is 0 Å². The number of ether oxygens (including phenoxy) is 2. The fraction of sp³-hybridized carbons (Fsp3) is 0.231. The number of hydrogen-bond acceptors (Lipinski definition) is 2. The first kappa shape index (κ1) is 9.84. The summed E-state index contributed by atoms with van der Waals surface area (Å²) in [6, 6.07) is 11.2. The van der Waals surface area contributed by atoms with Crippen LogP contribution < -0.4 is 9.47 Å². The van der Waals surface area contributed by atoms with Gasteiger partial charge in [0.15, 0.2) is 0 Å². The molecule has 2 nitrogen and oxygen atoms in total. The minimum Gasteiger partial charge on any atom is -0.496 e. The summed E-state index contributed by atoms with van der Waals surface area (Å²) in [5, 5.41) is 2.09. The zero-order valence-corrected chi connectivity index (χ0v) is 9.13. The van der Waals surface area contributed by atoms with E-state index in [2.05, 4.69) is 6.07 Å². The molecule has 2 aromatic carbocycles. The molecular weight excluding hydrogens is 188 g/mol. The maximum absolute atomic E-state index is 5.37. The van der Waals surface area contributed by atoms with E-state index in [9.17, 15) is 0 Å². The van der Waals surface area contributed by atoms with E-state index >= 15 is 0 Å². The minimum absolute atomic E-state index is 0.768. The minimum atomic E-state index is 0.768. The van der Waals surface area contributed by atoms with Crippen molar-refractivity contribution in [2.45, 2.75) is 6.92 Å². The maximum atomic E-state index is 5.37. The molecule has 1 radical (unpaired) electrons. The van der Waals surface area contributed by atoms with Gasteiger partial charge < -0.3 is 9.47 Å². The zero-order valence-electron chi connectivity index (χ0n) is 9.13. The highest BCUT2D eigenvalue weighted by Gasteiger charge is 2.09. The molecule has 2 aromatic rings. The number of benzene rings is 2. The van der Waals surface area contributed by atoms with E-state index < -0.39 is 0 Å². The monoisotopic (exact) mass is 201 g/mol. The Morgan fingerprint density at radius 2 is 1.67 bits per heavy atom. The normalized spacial score (nSPS) is 10.3. The number of aryl methyl sites for hydroxylation is 1. The highest BCUT2D eigenvalue weighted by molar-refractivity contribution is 5.94. The summed E-state index contributed by atoms with van der Waals surface area (Å²) in [6.07, 6.45) is 0. The summed E-state index contributed by atoms with van der Waals surface area (Å²) in [5.41, 5.74) is 0.966. The third kappa shape index (κ3) is 1.52. The molecule has 0 saturated carbocycles. The molecule has 2 heteroatoms. The van der Waals surface area contributed by atoms with Crippen molar-refractivity contribution in [1.82, 2.24) is 0 Å². The number of rotatable bonds is 2. The van der Waals surface area contributed by atoms with Crippen LogP contribution in [0, 0.1) is 13.0 Å². The number of fused-ring (bicyclic) bond motifs is 1. The van der Waals surface area contributed by atoms with Gasteiger partial charge in [-0.2, -0.15) is 0 Å². The molecule has 0 heterocycles. The van der Waals surface area contributed by atoms with E-state index in [0.717, 1.165) is 27.8 Å².